The molecule has 0 amide bonds. The molecule has 0 heterocycles. The summed E-state index contributed by atoms with van der Waals surface area (Å²) in [6, 6.07) is 0. The predicted molar refractivity (Wildman–Crippen MR) is 46.2 cm³/mol. The van der Waals surface area contributed by atoms with Gasteiger partial charge >= 0.3 is 15.6 Å². The zero-order chi connectivity index (χ0) is 12.2. The van der Waals surface area contributed by atoms with Crippen LogP contribution in [0.5, 0.6) is 0 Å². The molecule has 0 fully saturated rings. The van der Waals surface area contributed by atoms with E-state index in [0.717, 1.165) is 4.48 Å². The van der Waals surface area contributed by atoms with Gasteiger partial charge in [-0.25, -0.2) is 0 Å². The molecule has 0 aromatic heterocycles. The van der Waals surface area contributed by atoms with Gasteiger partial charge in [0.2, 0.25) is 0 Å². The van der Waals surface area contributed by atoms with Gasteiger partial charge in [-0.3, -0.25) is 4.55 Å². The van der Waals surface area contributed by atoms with Gasteiger partial charge in [-0.15, -0.1) is 0 Å². The van der Waals surface area contributed by atoms with Crippen molar-refractivity contribution >= 4 is 10.1 Å². The van der Waals surface area contributed by atoms with Crippen molar-refractivity contribution in [3.8, 4) is 0 Å². The Balaban J connectivity index is 0. The van der Waals surface area contributed by atoms with Gasteiger partial charge in [-0.2, -0.15) is 21.6 Å². The summed E-state index contributed by atoms with van der Waals surface area (Å²) in [6.07, 6.45) is 0. The van der Waals surface area contributed by atoms with E-state index in [4.69, 9.17) is 13.0 Å². The van der Waals surface area contributed by atoms with Gasteiger partial charge in [0.05, 0.1) is 27.7 Å². The Kier molecular flexibility index (Phi) is 5.69. The molecule has 0 unspecified atom stereocenters. The molecule has 0 aliphatic heterocycles. The topological polar surface area (TPSA) is 54.4 Å². The number of hydrogen-bond donors (Lipinski definition) is 1. The smallest absolute Gasteiger partial charge is 0.331 e. The van der Waals surface area contributed by atoms with Crippen LogP contribution in [0.25, 0.3) is 0 Å². The maximum absolute atomic E-state index is 10.7. The van der Waals surface area contributed by atoms with Crippen LogP contribution in [0.4, 0.5) is 13.2 Å². The highest BCUT2D eigenvalue weighted by Gasteiger charge is 2.44. The molecule has 0 atom stereocenters. The van der Waals surface area contributed by atoms with E-state index < -0.39 is 15.6 Å². The second-order valence-corrected chi connectivity index (χ2v) is 4.94. The molecular weight excluding hydrogens is 223 g/mol. The lowest BCUT2D eigenvalue weighted by Gasteiger charge is -2.20. The minimum Gasteiger partial charge on any atom is -0.331 e. The molecule has 4 nitrogen and oxygen atoms in total. The van der Waals surface area contributed by atoms with E-state index in [0.29, 0.717) is 0 Å². The molecular formula is C6H15F3NO3S+. The van der Waals surface area contributed by atoms with E-state index in [1.165, 1.54) is 6.54 Å². The summed E-state index contributed by atoms with van der Waals surface area (Å²) in [4.78, 5) is 0. The Bertz CT molecular complexity index is 252. The van der Waals surface area contributed by atoms with E-state index in [1.807, 2.05) is 0 Å². The van der Waals surface area contributed by atoms with Crippen molar-refractivity contribution in [2.45, 2.75) is 12.4 Å². The minimum atomic E-state index is -5.84. The Morgan fingerprint density at radius 3 is 1.36 bits per heavy atom. The molecule has 0 bridgehead atoms. The maximum atomic E-state index is 10.7. The van der Waals surface area contributed by atoms with Crippen LogP contribution in [-0.2, 0) is 10.1 Å². The standard InChI is InChI=1S/C5H14N.CHF3O3S/c1-5-6(2,3)4;2-1(3,4)8(5,6)7/h5H2,1-4H3;(H,5,6,7)/q+1;. The van der Waals surface area contributed by atoms with Crippen molar-refractivity contribution in [2.24, 2.45) is 0 Å². The summed E-state index contributed by atoms with van der Waals surface area (Å²) in [5.41, 5.74) is -5.53. The van der Waals surface area contributed by atoms with Gasteiger partial charge in [-0.1, -0.05) is 0 Å². The van der Waals surface area contributed by atoms with Crippen molar-refractivity contribution in [1.82, 2.24) is 0 Å². The second-order valence-electron chi connectivity index (χ2n) is 3.53. The molecule has 14 heavy (non-hydrogen) atoms. The van der Waals surface area contributed by atoms with Crippen molar-refractivity contribution in [3.05, 3.63) is 0 Å². The lowest BCUT2D eigenvalue weighted by molar-refractivity contribution is -0.868. The van der Waals surface area contributed by atoms with Gasteiger partial charge in [-0.05, 0) is 6.92 Å². The summed E-state index contributed by atoms with van der Waals surface area (Å²) in [5, 5.41) is 0. The van der Waals surface area contributed by atoms with E-state index in [1.54, 1.807) is 0 Å². The Hall–Kier alpha value is -0.340. The summed E-state index contributed by atoms with van der Waals surface area (Å²) in [7, 11) is 0.701. The number of alkyl halides is 3. The minimum absolute atomic E-state index is 1.07. The van der Waals surface area contributed by atoms with Gasteiger partial charge in [0.15, 0.2) is 0 Å². The summed E-state index contributed by atoms with van der Waals surface area (Å²) in [5.74, 6) is 0. The highest BCUT2D eigenvalue weighted by atomic mass is 32.2. The lowest BCUT2D eigenvalue weighted by Crippen LogP contribution is -2.33. The normalized spacial score (nSPS) is 13.1. The molecule has 8 heteroatoms. The Morgan fingerprint density at radius 2 is 1.36 bits per heavy atom. The van der Waals surface area contributed by atoms with Crippen LogP contribution in [-0.4, -0.2) is 50.6 Å². The highest BCUT2D eigenvalue weighted by Crippen LogP contribution is 2.20. The first-order valence-corrected chi connectivity index (χ1v) is 5.09. The number of quaternary nitrogens is 1. The third-order valence-electron chi connectivity index (χ3n) is 1.24. The highest BCUT2D eigenvalue weighted by molar-refractivity contribution is 7.86. The van der Waals surface area contributed by atoms with Crippen molar-refractivity contribution in [1.29, 1.82) is 0 Å². The fourth-order valence-electron chi connectivity index (χ4n) is 0. The zero-order valence-corrected chi connectivity index (χ0v) is 9.28. The molecule has 0 aromatic rings. The fraction of sp³-hybridized carbons (Fsp3) is 1.00. The monoisotopic (exact) mass is 238 g/mol. The van der Waals surface area contributed by atoms with Crippen LogP contribution >= 0.6 is 0 Å². The van der Waals surface area contributed by atoms with Crippen molar-refractivity contribution in [2.75, 3.05) is 27.7 Å². The van der Waals surface area contributed by atoms with E-state index >= 15 is 0 Å². The molecule has 88 valence electrons. The SMILES string of the molecule is CC[N+](C)(C)C.O=S(=O)(O)C(F)(F)F. The first-order chi connectivity index (χ1) is 5.81. The van der Waals surface area contributed by atoms with Crippen LogP contribution in [0.1, 0.15) is 6.92 Å². The largest absolute Gasteiger partial charge is 0.522 e. The second kappa shape index (κ2) is 4.94. The van der Waals surface area contributed by atoms with Crippen LogP contribution in [0.3, 0.4) is 0 Å². The quantitative estimate of drug-likeness (QED) is 0.423. The lowest BCUT2D eigenvalue weighted by atomic mass is 10.6. The molecule has 0 aliphatic carbocycles. The molecule has 0 spiro atoms. The van der Waals surface area contributed by atoms with Gasteiger partial charge in [0, 0.05) is 0 Å². The van der Waals surface area contributed by atoms with E-state index in [-0.39, 0.29) is 0 Å². The Morgan fingerprint density at radius 1 is 1.21 bits per heavy atom. The Labute approximate surface area is 81.7 Å². The molecule has 0 aromatic carbocycles. The maximum Gasteiger partial charge on any atom is 0.522 e. The zero-order valence-electron chi connectivity index (χ0n) is 8.46. The number of hydrogen-bond acceptors (Lipinski definition) is 2. The first-order valence-electron chi connectivity index (χ1n) is 3.65. The van der Waals surface area contributed by atoms with Gasteiger partial charge in [0.1, 0.15) is 0 Å². The van der Waals surface area contributed by atoms with Gasteiger partial charge < -0.3 is 4.48 Å². The summed E-state index contributed by atoms with van der Waals surface area (Å²) < 4.78 is 58.6. The van der Waals surface area contributed by atoms with Crippen molar-refractivity contribution in [3.63, 3.8) is 0 Å². The third-order valence-corrected chi connectivity index (χ3v) is 1.83. The number of halogens is 3. The van der Waals surface area contributed by atoms with Gasteiger partial charge in [0.25, 0.3) is 0 Å². The van der Waals surface area contributed by atoms with Crippen LogP contribution in [0.2, 0.25) is 0 Å². The number of nitrogens with zero attached hydrogens (tertiary/aromatic N) is 1. The van der Waals surface area contributed by atoms with E-state index in [2.05, 4.69) is 28.1 Å². The van der Waals surface area contributed by atoms with E-state index in [9.17, 15) is 13.2 Å². The average Bonchev–Trinajstić information content (AvgIpc) is 1.82. The molecule has 0 saturated heterocycles. The van der Waals surface area contributed by atoms with Crippen LogP contribution in [0, 0.1) is 0 Å². The predicted octanol–water partition coefficient (Wildman–Crippen LogP) is 1.11. The molecule has 0 aliphatic rings. The molecule has 0 radical (unpaired) electrons. The van der Waals surface area contributed by atoms with Crippen LogP contribution < -0.4 is 0 Å². The average molecular weight is 238 g/mol. The molecule has 1 N–H and O–H groups in total. The van der Waals surface area contributed by atoms with Crippen molar-refractivity contribution < 1.29 is 30.6 Å². The summed E-state index contributed by atoms with van der Waals surface area (Å²) >= 11 is 0. The summed E-state index contributed by atoms with van der Waals surface area (Å²) in [6.45, 7) is 3.39. The van der Waals surface area contributed by atoms with Crippen LogP contribution in [0.15, 0.2) is 0 Å². The fourth-order valence-corrected chi connectivity index (χ4v) is 0. The number of rotatable bonds is 1. The first kappa shape index (κ1) is 16.1. The third kappa shape index (κ3) is 9.75. The molecule has 0 rings (SSSR count). The molecule has 0 saturated carbocycles.